The number of anilines is 1. The molecule has 7 nitrogen and oxygen atoms in total. The Balaban J connectivity index is 1.62. The van der Waals surface area contributed by atoms with Crippen LogP contribution in [0.3, 0.4) is 0 Å². The number of ether oxygens (including phenoxy) is 1. The lowest BCUT2D eigenvalue weighted by atomic mass is 10.1. The molecule has 1 fully saturated rings. The van der Waals surface area contributed by atoms with Gasteiger partial charge < -0.3 is 10.1 Å². The van der Waals surface area contributed by atoms with Gasteiger partial charge in [-0.15, -0.1) is 0 Å². The van der Waals surface area contributed by atoms with E-state index >= 15 is 0 Å². The second kappa shape index (κ2) is 10.7. The van der Waals surface area contributed by atoms with Gasteiger partial charge in [-0.2, -0.15) is 0 Å². The first-order valence-corrected chi connectivity index (χ1v) is 12.4. The van der Waals surface area contributed by atoms with Crippen LogP contribution < -0.4 is 9.62 Å². The molecule has 1 aliphatic heterocycles. The van der Waals surface area contributed by atoms with E-state index in [1.807, 2.05) is 31.2 Å². The first-order chi connectivity index (χ1) is 14.9. The zero-order valence-corrected chi connectivity index (χ0v) is 19.0. The number of morpholine rings is 1. The summed E-state index contributed by atoms with van der Waals surface area (Å²) in [5, 5.41) is 2.86. The number of nitrogens with one attached hydrogen (secondary N) is 1. The van der Waals surface area contributed by atoms with Gasteiger partial charge in [-0.1, -0.05) is 49.4 Å². The molecule has 1 N–H and O–H groups in total. The maximum Gasteiger partial charge on any atom is 0.241 e. The van der Waals surface area contributed by atoms with Gasteiger partial charge in [0.25, 0.3) is 0 Å². The summed E-state index contributed by atoms with van der Waals surface area (Å²) in [7, 11) is -3.59. The van der Waals surface area contributed by atoms with E-state index in [4.69, 9.17) is 4.74 Å². The Hall–Kier alpha value is -2.42. The molecule has 1 heterocycles. The standard InChI is InChI=1S/C23H31N3O4S/c1-3-21-9-4-5-10-22(21)26(31(2,28)29)18-23(27)24-16-19-7-6-8-20(15-19)17-25-11-13-30-14-12-25/h4-10,15H,3,11-14,16-18H2,1-2H3,(H,24,27). The van der Waals surface area contributed by atoms with E-state index in [2.05, 4.69) is 22.3 Å². The van der Waals surface area contributed by atoms with Crippen LogP contribution in [0.4, 0.5) is 5.69 Å². The summed E-state index contributed by atoms with van der Waals surface area (Å²) in [6.07, 6.45) is 1.81. The molecule has 168 valence electrons. The molecule has 0 spiro atoms. The third-order valence-electron chi connectivity index (χ3n) is 5.32. The van der Waals surface area contributed by atoms with Crippen LogP contribution in [0.1, 0.15) is 23.6 Å². The fourth-order valence-corrected chi connectivity index (χ4v) is 4.56. The first-order valence-electron chi connectivity index (χ1n) is 10.6. The monoisotopic (exact) mass is 445 g/mol. The maximum atomic E-state index is 12.6. The number of hydrogen-bond donors (Lipinski definition) is 1. The van der Waals surface area contributed by atoms with Crippen molar-refractivity contribution in [2.45, 2.75) is 26.4 Å². The van der Waals surface area contributed by atoms with Crippen molar-refractivity contribution in [1.82, 2.24) is 10.2 Å². The molecule has 0 saturated carbocycles. The van der Waals surface area contributed by atoms with Crippen LogP contribution in [0.15, 0.2) is 48.5 Å². The fraction of sp³-hybridized carbons (Fsp3) is 0.435. The van der Waals surface area contributed by atoms with Crippen molar-refractivity contribution in [1.29, 1.82) is 0 Å². The normalized spacial score (nSPS) is 14.9. The third-order valence-corrected chi connectivity index (χ3v) is 6.45. The Kier molecular flexibility index (Phi) is 8.06. The number of nitrogens with zero attached hydrogens (tertiary/aromatic N) is 2. The number of benzene rings is 2. The van der Waals surface area contributed by atoms with Crippen LogP contribution in [0.25, 0.3) is 0 Å². The molecule has 0 aromatic heterocycles. The highest BCUT2D eigenvalue weighted by molar-refractivity contribution is 7.92. The minimum absolute atomic E-state index is 0.247. The topological polar surface area (TPSA) is 79.0 Å². The van der Waals surface area contributed by atoms with Gasteiger partial charge in [0, 0.05) is 26.2 Å². The van der Waals surface area contributed by atoms with Gasteiger partial charge in [-0.3, -0.25) is 14.0 Å². The van der Waals surface area contributed by atoms with Crippen LogP contribution in [0, 0.1) is 0 Å². The van der Waals surface area contributed by atoms with Crippen molar-refractivity contribution in [2.24, 2.45) is 0 Å². The van der Waals surface area contributed by atoms with Crippen LogP contribution in [-0.2, 0) is 39.1 Å². The van der Waals surface area contributed by atoms with Gasteiger partial charge in [-0.05, 0) is 29.2 Å². The number of carbonyl (C=O) groups excluding carboxylic acids is 1. The quantitative estimate of drug-likeness (QED) is 0.640. The number of amides is 1. The molecule has 0 unspecified atom stereocenters. The summed E-state index contributed by atoms with van der Waals surface area (Å²) in [5.41, 5.74) is 3.61. The maximum absolute atomic E-state index is 12.6. The molecule has 0 bridgehead atoms. The third kappa shape index (κ3) is 6.78. The lowest BCUT2D eigenvalue weighted by molar-refractivity contribution is -0.119. The number of carbonyl (C=O) groups is 1. The summed E-state index contributed by atoms with van der Waals surface area (Å²) in [5.74, 6) is -0.338. The molecule has 2 aromatic rings. The Labute approximate surface area is 185 Å². The van der Waals surface area contributed by atoms with Gasteiger partial charge in [0.15, 0.2) is 0 Å². The van der Waals surface area contributed by atoms with Crippen molar-refractivity contribution in [2.75, 3.05) is 43.4 Å². The average molecular weight is 446 g/mol. The smallest absolute Gasteiger partial charge is 0.241 e. The van der Waals surface area contributed by atoms with E-state index < -0.39 is 10.0 Å². The predicted molar refractivity (Wildman–Crippen MR) is 122 cm³/mol. The zero-order chi connectivity index (χ0) is 22.3. The summed E-state index contributed by atoms with van der Waals surface area (Å²) in [6, 6.07) is 15.4. The van der Waals surface area contributed by atoms with Crippen molar-refractivity contribution >= 4 is 21.6 Å². The second-order valence-electron chi connectivity index (χ2n) is 7.74. The minimum Gasteiger partial charge on any atom is -0.379 e. The van der Waals surface area contributed by atoms with Crippen molar-refractivity contribution in [3.8, 4) is 0 Å². The van der Waals surface area contributed by atoms with E-state index in [1.54, 1.807) is 12.1 Å². The molecule has 1 aliphatic rings. The number of rotatable bonds is 9. The van der Waals surface area contributed by atoms with E-state index in [0.717, 1.165) is 50.2 Å². The number of hydrogen-bond acceptors (Lipinski definition) is 5. The Morgan fingerprint density at radius 1 is 1.10 bits per heavy atom. The highest BCUT2D eigenvalue weighted by Crippen LogP contribution is 2.23. The minimum atomic E-state index is -3.59. The Morgan fingerprint density at radius 2 is 1.81 bits per heavy atom. The van der Waals surface area contributed by atoms with Crippen LogP contribution >= 0.6 is 0 Å². The molecule has 2 aromatic carbocycles. The summed E-state index contributed by atoms with van der Waals surface area (Å²) < 4.78 is 31.3. The lowest BCUT2D eigenvalue weighted by Gasteiger charge is -2.26. The van der Waals surface area contributed by atoms with Crippen molar-refractivity contribution < 1.29 is 17.9 Å². The van der Waals surface area contributed by atoms with Crippen LogP contribution in [0.5, 0.6) is 0 Å². The Bertz CT molecular complexity index is 988. The molecule has 0 atom stereocenters. The van der Waals surface area contributed by atoms with E-state index in [0.29, 0.717) is 18.7 Å². The summed E-state index contributed by atoms with van der Waals surface area (Å²) >= 11 is 0. The average Bonchev–Trinajstić information content (AvgIpc) is 2.76. The second-order valence-corrected chi connectivity index (χ2v) is 9.64. The molecular weight excluding hydrogens is 414 g/mol. The van der Waals surface area contributed by atoms with E-state index in [9.17, 15) is 13.2 Å². The van der Waals surface area contributed by atoms with Gasteiger partial charge in [0.2, 0.25) is 15.9 Å². The molecule has 1 amide bonds. The van der Waals surface area contributed by atoms with Crippen LogP contribution in [0.2, 0.25) is 0 Å². The SMILES string of the molecule is CCc1ccccc1N(CC(=O)NCc1cccc(CN2CCOCC2)c1)S(C)(=O)=O. The van der Waals surface area contributed by atoms with E-state index in [-0.39, 0.29) is 12.5 Å². The van der Waals surface area contributed by atoms with Crippen molar-refractivity contribution in [3.05, 3.63) is 65.2 Å². The molecule has 31 heavy (non-hydrogen) atoms. The number of sulfonamides is 1. The largest absolute Gasteiger partial charge is 0.379 e. The number of para-hydroxylation sites is 1. The molecular formula is C23H31N3O4S. The van der Waals surface area contributed by atoms with Crippen LogP contribution in [-0.4, -0.2) is 58.3 Å². The van der Waals surface area contributed by atoms with E-state index in [1.165, 1.54) is 9.87 Å². The van der Waals surface area contributed by atoms with Gasteiger partial charge in [-0.25, -0.2) is 8.42 Å². The Morgan fingerprint density at radius 3 is 2.52 bits per heavy atom. The highest BCUT2D eigenvalue weighted by Gasteiger charge is 2.22. The molecule has 3 rings (SSSR count). The predicted octanol–water partition coefficient (Wildman–Crippen LogP) is 2.16. The molecule has 0 aliphatic carbocycles. The summed E-state index contributed by atoms with van der Waals surface area (Å²) in [6.45, 7) is 6.26. The lowest BCUT2D eigenvalue weighted by Crippen LogP contribution is -2.40. The molecule has 8 heteroatoms. The molecule has 0 radical (unpaired) electrons. The van der Waals surface area contributed by atoms with Crippen molar-refractivity contribution in [3.63, 3.8) is 0 Å². The molecule has 1 saturated heterocycles. The summed E-state index contributed by atoms with van der Waals surface area (Å²) in [4.78, 5) is 15.0. The van der Waals surface area contributed by atoms with Gasteiger partial charge >= 0.3 is 0 Å². The van der Waals surface area contributed by atoms with Gasteiger partial charge in [0.1, 0.15) is 6.54 Å². The number of aryl methyl sites for hydroxylation is 1. The fourth-order valence-electron chi connectivity index (χ4n) is 3.68. The zero-order valence-electron chi connectivity index (χ0n) is 18.2. The van der Waals surface area contributed by atoms with Gasteiger partial charge in [0.05, 0.1) is 25.2 Å². The first kappa shape index (κ1) is 23.2. The highest BCUT2D eigenvalue weighted by atomic mass is 32.2.